The van der Waals surface area contributed by atoms with Crippen LogP contribution in [0.25, 0.3) is 17.2 Å². The highest BCUT2D eigenvalue weighted by Gasteiger charge is 2.15. The Morgan fingerprint density at radius 1 is 1.16 bits per heavy atom. The van der Waals surface area contributed by atoms with Crippen molar-refractivity contribution in [2.45, 2.75) is 6.92 Å². The Bertz CT molecular complexity index is 631. The highest BCUT2D eigenvalue weighted by molar-refractivity contribution is 6.39. The van der Waals surface area contributed by atoms with Crippen LogP contribution in [0.5, 0.6) is 5.75 Å². The van der Waals surface area contributed by atoms with Crippen LogP contribution in [0.1, 0.15) is 12.5 Å². The molecule has 0 aliphatic carbocycles. The molecule has 0 aliphatic heterocycles. The normalized spacial score (nSPS) is 11.2. The van der Waals surface area contributed by atoms with Crippen molar-refractivity contribution in [3.8, 4) is 16.9 Å². The van der Waals surface area contributed by atoms with Crippen molar-refractivity contribution >= 4 is 29.3 Å². The third-order valence-corrected chi connectivity index (χ3v) is 3.31. The van der Waals surface area contributed by atoms with E-state index < -0.39 is 5.82 Å². The fourth-order valence-electron chi connectivity index (χ4n) is 1.87. The molecule has 2 aromatic carbocycles. The largest absolute Gasteiger partial charge is 0.507 e. The average Bonchev–Trinajstić information content (AvgIpc) is 2.34. The first-order chi connectivity index (χ1) is 9.04. The molecule has 19 heavy (non-hydrogen) atoms. The number of phenols is 1. The van der Waals surface area contributed by atoms with Gasteiger partial charge >= 0.3 is 0 Å². The van der Waals surface area contributed by atoms with E-state index in [2.05, 4.69) is 0 Å². The lowest BCUT2D eigenvalue weighted by Gasteiger charge is -2.11. The van der Waals surface area contributed by atoms with Crippen LogP contribution in [-0.4, -0.2) is 5.11 Å². The van der Waals surface area contributed by atoms with Crippen LogP contribution in [0.4, 0.5) is 4.39 Å². The monoisotopic (exact) mass is 296 g/mol. The predicted molar refractivity (Wildman–Crippen MR) is 78.2 cm³/mol. The molecule has 98 valence electrons. The summed E-state index contributed by atoms with van der Waals surface area (Å²) in [6, 6.07) is 7.45. The summed E-state index contributed by atoms with van der Waals surface area (Å²) in [6.45, 7) is 1.78. The van der Waals surface area contributed by atoms with Gasteiger partial charge in [0.05, 0.1) is 10.0 Å². The van der Waals surface area contributed by atoms with Gasteiger partial charge in [0.2, 0.25) is 0 Å². The first-order valence-electron chi connectivity index (χ1n) is 5.64. The van der Waals surface area contributed by atoms with Gasteiger partial charge in [0.15, 0.2) is 0 Å². The van der Waals surface area contributed by atoms with E-state index in [4.69, 9.17) is 23.2 Å². The summed E-state index contributed by atoms with van der Waals surface area (Å²) in [5.41, 5.74) is 1.09. The summed E-state index contributed by atoms with van der Waals surface area (Å²) in [7, 11) is 0. The number of aromatic hydroxyl groups is 1. The van der Waals surface area contributed by atoms with Gasteiger partial charge in [-0.05, 0) is 31.2 Å². The summed E-state index contributed by atoms with van der Waals surface area (Å²) < 4.78 is 13.6. The third kappa shape index (κ3) is 2.75. The van der Waals surface area contributed by atoms with Crippen LogP contribution in [-0.2, 0) is 0 Å². The van der Waals surface area contributed by atoms with Crippen LogP contribution in [0.3, 0.4) is 0 Å². The maximum Gasteiger partial charge on any atom is 0.130 e. The lowest BCUT2D eigenvalue weighted by atomic mass is 10.0. The lowest BCUT2D eigenvalue weighted by molar-refractivity contribution is 0.474. The molecular formula is C15H11Cl2FO. The second kappa shape index (κ2) is 5.64. The molecule has 0 unspecified atom stereocenters. The Balaban J connectivity index is 2.76. The number of hydrogen-bond donors (Lipinski definition) is 1. The molecule has 4 heteroatoms. The van der Waals surface area contributed by atoms with Crippen LogP contribution in [0.15, 0.2) is 36.4 Å². The van der Waals surface area contributed by atoms with Gasteiger partial charge in [0.25, 0.3) is 0 Å². The van der Waals surface area contributed by atoms with Crippen molar-refractivity contribution in [2.24, 2.45) is 0 Å². The third-order valence-electron chi connectivity index (χ3n) is 2.68. The van der Waals surface area contributed by atoms with E-state index >= 15 is 0 Å². The van der Waals surface area contributed by atoms with E-state index in [9.17, 15) is 9.50 Å². The molecule has 0 spiro atoms. The molecule has 1 N–H and O–H groups in total. The number of benzene rings is 2. The number of rotatable bonds is 2. The summed E-state index contributed by atoms with van der Waals surface area (Å²) in [5, 5.41) is 10.9. The Kier molecular flexibility index (Phi) is 4.13. The highest BCUT2D eigenvalue weighted by Crippen LogP contribution is 2.41. The van der Waals surface area contributed by atoms with E-state index in [0.29, 0.717) is 21.2 Å². The van der Waals surface area contributed by atoms with Crippen LogP contribution < -0.4 is 0 Å². The lowest BCUT2D eigenvalue weighted by Crippen LogP contribution is -1.88. The van der Waals surface area contributed by atoms with Crippen molar-refractivity contribution < 1.29 is 9.50 Å². The SMILES string of the molecule is C/C=C\c1cc(F)cc(-c2c(Cl)cccc2Cl)c1O. The molecule has 1 nitrogen and oxygen atoms in total. The van der Waals surface area contributed by atoms with Gasteiger partial charge in [0.1, 0.15) is 11.6 Å². The van der Waals surface area contributed by atoms with Gasteiger partial charge in [-0.15, -0.1) is 0 Å². The second-order valence-electron chi connectivity index (χ2n) is 3.99. The second-order valence-corrected chi connectivity index (χ2v) is 4.80. The fourth-order valence-corrected chi connectivity index (χ4v) is 2.47. The first-order valence-corrected chi connectivity index (χ1v) is 6.39. The minimum atomic E-state index is -0.461. The Labute approximate surface area is 120 Å². The van der Waals surface area contributed by atoms with Crippen molar-refractivity contribution in [2.75, 3.05) is 0 Å². The Morgan fingerprint density at radius 2 is 1.79 bits per heavy atom. The van der Waals surface area contributed by atoms with E-state index in [-0.39, 0.29) is 11.3 Å². The predicted octanol–water partition coefficient (Wildman–Crippen LogP) is 5.54. The van der Waals surface area contributed by atoms with E-state index in [0.717, 1.165) is 0 Å². The summed E-state index contributed by atoms with van der Waals surface area (Å²) in [4.78, 5) is 0. The van der Waals surface area contributed by atoms with Gasteiger partial charge in [0, 0.05) is 16.7 Å². The standard InChI is InChI=1S/C15H11Cl2FO/c1-2-4-9-7-10(18)8-11(15(9)19)14-12(16)5-3-6-13(14)17/h2-8,19H,1H3/b4-2-. The number of allylic oxidation sites excluding steroid dienone is 1. The topological polar surface area (TPSA) is 20.2 Å². The molecule has 0 saturated heterocycles. The molecule has 0 atom stereocenters. The van der Waals surface area contributed by atoms with Gasteiger partial charge < -0.3 is 5.11 Å². The maximum absolute atomic E-state index is 13.6. The summed E-state index contributed by atoms with van der Waals surface area (Å²) in [5.74, 6) is -0.508. The minimum absolute atomic E-state index is 0.0468. The highest BCUT2D eigenvalue weighted by atomic mass is 35.5. The number of hydrogen-bond acceptors (Lipinski definition) is 1. The molecule has 0 saturated carbocycles. The maximum atomic E-state index is 13.6. The van der Waals surface area contributed by atoms with Gasteiger partial charge in [-0.3, -0.25) is 0 Å². The Morgan fingerprint density at radius 3 is 2.37 bits per heavy atom. The van der Waals surface area contributed by atoms with Crippen LogP contribution in [0, 0.1) is 5.82 Å². The van der Waals surface area contributed by atoms with E-state index in [1.54, 1.807) is 37.3 Å². The van der Waals surface area contributed by atoms with Crippen molar-refractivity contribution in [3.63, 3.8) is 0 Å². The Hall–Kier alpha value is -1.51. The van der Waals surface area contributed by atoms with E-state index in [1.807, 2.05) is 0 Å². The molecule has 2 aromatic rings. The number of phenolic OH excluding ortho intramolecular Hbond substituents is 1. The van der Waals surface area contributed by atoms with Gasteiger partial charge in [-0.2, -0.15) is 0 Å². The molecule has 0 fully saturated rings. The fraction of sp³-hybridized carbons (Fsp3) is 0.0667. The molecule has 0 aromatic heterocycles. The quantitative estimate of drug-likeness (QED) is 0.771. The molecule has 0 heterocycles. The molecule has 0 radical (unpaired) electrons. The van der Waals surface area contributed by atoms with Crippen molar-refractivity contribution in [1.82, 2.24) is 0 Å². The molecular weight excluding hydrogens is 286 g/mol. The summed E-state index contributed by atoms with van der Waals surface area (Å²) >= 11 is 12.2. The van der Waals surface area contributed by atoms with Gasteiger partial charge in [-0.1, -0.05) is 41.4 Å². The summed E-state index contributed by atoms with van der Waals surface area (Å²) in [6.07, 6.45) is 3.33. The van der Waals surface area contributed by atoms with E-state index in [1.165, 1.54) is 12.1 Å². The molecule has 2 rings (SSSR count). The van der Waals surface area contributed by atoms with Crippen molar-refractivity contribution in [1.29, 1.82) is 0 Å². The first kappa shape index (κ1) is 13.9. The zero-order chi connectivity index (χ0) is 14.0. The van der Waals surface area contributed by atoms with Crippen molar-refractivity contribution in [3.05, 3.63) is 57.8 Å². The number of halogens is 3. The smallest absolute Gasteiger partial charge is 0.130 e. The van der Waals surface area contributed by atoms with Crippen LogP contribution >= 0.6 is 23.2 Å². The molecule has 0 bridgehead atoms. The zero-order valence-electron chi connectivity index (χ0n) is 10.1. The van der Waals surface area contributed by atoms with Gasteiger partial charge in [-0.25, -0.2) is 4.39 Å². The minimum Gasteiger partial charge on any atom is -0.507 e. The molecule has 0 amide bonds. The molecule has 0 aliphatic rings. The average molecular weight is 297 g/mol. The zero-order valence-corrected chi connectivity index (χ0v) is 11.6. The van der Waals surface area contributed by atoms with Crippen LogP contribution in [0.2, 0.25) is 10.0 Å².